The lowest BCUT2D eigenvalue weighted by Gasteiger charge is -2.66. The molecule has 0 radical (unpaired) electrons. The van der Waals surface area contributed by atoms with Gasteiger partial charge in [-0.3, -0.25) is 0 Å². The lowest BCUT2D eigenvalue weighted by atomic mass is 9.39. The second kappa shape index (κ2) is 3.48. The Morgan fingerprint density at radius 3 is 2.18 bits per heavy atom. The SMILES string of the molecule is COCC(N)C12CC3CC(C)(CC(C)(C3)C1)C2. The zero-order valence-corrected chi connectivity index (χ0v) is 11.6. The van der Waals surface area contributed by atoms with Crippen LogP contribution < -0.4 is 5.73 Å². The van der Waals surface area contributed by atoms with E-state index >= 15 is 0 Å². The molecule has 0 amide bonds. The van der Waals surface area contributed by atoms with Crippen LogP contribution in [0.3, 0.4) is 0 Å². The molecule has 98 valence electrons. The summed E-state index contributed by atoms with van der Waals surface area (Å²) in [5.74, 6) is 0.934. The van der Waals surface area contributed by atoms with Crippen molar-refractivity contribution in [1.29, 1.82) is 0 Å². The summed E-state index contributed by atoms with van der Waals surface area (Å²) in [6, 6.07) is 0.245. The van der Waals surface area contributed by atoms with E-state index in [-0.39, 0.29) is 6.04 Å². The van der Waals surface area contributed by atoms with E-state index in [9.17, 15) is 0 Å². The number of nitrogens with two attached hydrogens (primary N) is 1. The van der Waals surface area contributed by atoms with E-state index in [0.29, 0.717) is 16.2 Å². The van der Waals surface area contributed by atoms with Crippen LogP contribution in [0.4, 0.5) is 0 Å². The van der Waals surface area contributed by atoms with Gasteiger partial charge in [0.1, 0.15) is 0 Å². The fourth-order valence-electron chi connectivity index (χ4n) is 6.31. The Hall–Kier alpha value is -0.0800. The average molecular weight is 237 g/mol. The summed E-state index contributed by atoms with van der Waals surface area (Å²) in [6.07, 6.45) is 8.38. The Morgan fingerprint density at radius 1 is 1.12 bits per heavy atom. The topological polar surface area (TPSA) is 35.2 Å². The van der Waals surface area contributed by atoms with Gasteiger partial charge in [-0.15, -0.1) is 0 Å². The predicted molar refractivity (Wildman–Crippen MR) is 69.7 cm³/mol. The maximum atomic E-state index is 6.48. The minimum Gasteiger partial charge on any atom is -0.383 e. The van der Waals surface area contributed by atoms with Crippen LogP contribution in [0.5, 0.6) is 0 Å². The van der Waals surface area contributed by atoms with Gasteiger partial charge in [0.2, 0.25) is 0 Å². The van der Waals surface area contributed by atoms with Crippen molar-refractivity contribution >= 4 is 0 Å². The standard InChI is InChI=1S/C15H27NO/c1-13-4-11-5-14(2,8-13)10-15(6-11,9-13)12(16)7-17-3/h11-12H,4-10,16H2,1-3H3. The molecule has 3 unspecified atom stereocenters. The van der Waals surface area contributed by atoms with Crippen molar-refractivity contribution in [3.05, 3.63) is 0 Å². The van der Waals surface area contributed by atoms with Gasteiger partial charge in [-0.05, 0) is 60.7 Å². The zero-order valence-electron chi connectivity index (χ0n) is 11.6. The molecule has 0 saturated heterocycles. The van der Waals surface area contributed by atoms with E-state index in [1.54, 1.807) is 7.11 Å². The molecule has 0 aliphatic heterocycles. The van der Waals surface area contributed by atoms with Crippen LogP contribution in [-0.4, -0.2) is 19.8 Å². The molecule has 0 spiro atoms. The van der Waals surface area contributed by atoms with Crippen molar-refractivity contribution in [3.8, 4) is 0 Å². The van der Waals surface area contributed by atoms with Gasteiger partial charge in [0.25, 0.3) is 0 Å². The second-order valence-corrected chi connectivity index (χ2v) is 8.05. The maximum absolute atomic E-state index is 6.48. The zero-order chi connectivity index (χ0) is 12.3. The van der Waals surface area contributed by atoms with Gasteiger partial charge in [0.05, 0.1) is 6.61 Å². The average Bonchev–Trinajstić information content (AvgIpc) is 2.11. The summed E-state index contributed by atoms with van der Waals surface area (Å²) in [5, 5.41) is 0. The molecule has 2 N–H and O–H groups in total. The summed E-state index contributed by atoms with van der Waals surface area (Å²) in [6.45, 7) is 5.74. The molecule has 0 aromatic heterocycles. The molecule has 0 aromatic carbocycles. The van der Waals surface area contributed by atoms with Gasteiger partial charge >= 0.3 is 0 Å². The molecule has 2 nitrogen and oxygen atoms in total. The Balaban J connectivity index is 1.92. The molecule has 4 saturated carbocycles. The van der Waals surface area contributed by atoms with Crippen molar-refractivity contribution in [1.82, 2.24) is 0 Å². The van der Waals surface area contributed by atoms with Gasteiger partial charge in [-0.25, -0.2) is 0 Å². The fraction of sp³-hybridized carbons (Fsp3) is 1.00. The third-order valence-corrected chi connectivity index (χ3v) is 5.80. The predicted octanol–water partition coefficient (Wildman–Crippen LogP) is 2.96. The first-order valence-electron chi connectivity index (χ1n) is 7.13. The minimum atomic E-state index is 0.245. The summed E-state index contributed by atoms with van der Waals surface area (Å²) in [4.78, 5) is 0. The van der Waals surface area contributed by atoms with Crippen molar-refractivity contribution < 1.29 is 4.74 Å². The van der Waals surface area contributed by atoms with Crippen molar-refractivity contribution in [3.63, 3.8) is 0 Å². The minimum absolute atomic E-state index is 0.245. The Labute approximate surface area is 105 Å². The summed E-state index contributed by atoms with van der Waals surface area (Å²) in [7, 11) is 1.78. The highest BCUT2D eigenvalue weighted by atomic mass is 16.5. The van der Waals surface area contributed by atoms with Gasteiger partial charge in [-0.1, -0.05) is 13.8 Å². The molecule has 4 fully saturated rings. The maximum Gasteiger partial charge on any atom is 0.0619 e. The highest BCUT2D eigenvalue weighted by Crippen LogP contribution is 2.70. The molecular formula is C15H27NO. The monoisotopic (exact) mass is 237 g/mol. The summed E-state index contributed by atoms with van der Waals surface area (Å²) in [5.41, 5.74) is 8.00. The molecule has 0 heterocycles. The largest absolute Gasteiger partial charge is 0.383 e. The number of methoxy groups -OCH3 is 1. The first kappa shape index (κ1) is 12.0. The lowest BCUT2D eigenvalue weighted by Crippen LogP contribution is -2.61. The normalized spacial score (nSPS) is 54.0. The first-order valence-corrected chi connectivity index (χ1v) is 7.13. The highest BCUT2D eigenvalue weighted by Gasteiger charge is 2.61. The molecule has 4 aliphatic carbocycles. The lowest BCUT2D eigenvalue weighted by molar-refractivity contribution is -0.158. The van der Waals surface area contributed by atoms with Crippen molar-refractivity contribution in [2.24, 2.45) is 27.9 Å². The number of ether oxygens (including phenoxy) is 1. The van der Waals surface area contributed by atoms with Gasteiger partial charge < -0.3 is 10.5 Å². The molecule has 0 aromatic rings. The van der Waals surface area contributed by atoms with E-state index in [1.807, 2.05) is 0 Å². The number of hydrogen-bond acceptors (Lipinski definition) is 2. The van der Waals surface area contributed by atoms with E-state index in [4.69, 9.17) is 10.5 Å². The van der Waals surface area contributed by atoms with Crippen molar-refractivity contribution in [2.45, 2.75) is 58.4 Å². The first-order chi connectivity index (χ1) is 7.89. The van der Waals surface area contributed by atoms with Crippen LogP contribution in [0.1, 0.15) is 52.4 Å². The molecule has 2 heteroatoms. The highest BCUT2D eigenvalue weighted by molar-refractivity contribution is 5.12. The van der Waals surface area contributed by atoms with Crippen LogP contribution >= 0.6 is 0 Å². The van der Waals surface area contributed by atoms with E-state index in [1.165, 1.54) is 38.5 Å². The molecule has 4 bridgehead atoms. The van der Waals surface area contributed by atoms with Crippen LogP contribution in [0, 0.1) is 22.2 Å². The van der Waals surface area contributed by atoms with Gasteiger partial charge in [-0.2, -0.15) is 0 Å². The fourth-order valence-corrected chi connectivity index (χ4v) is 6.31. The van der Waals surface area contributed by atoms with E-state index in [2.05, 4.69) is 13.8 Å². The van der Waals surface area contributed by atoms with E-state index < -0.39 is 0 Å². The third-order valence-electron chi connectivity index (χ3n) is 5.80. The summed E-state index contributed by atoms with van der Waals surface area (Å²) < 4.78 is 5.33. The van der Waals surface area contributed by atoms with Crippen LogP contribution in [-0.2, 0) is 4.74 Å². The van der Waals surface area contributed by atoms with E-state index in [0.717, 1.165) is 12.5 Å². The molecule has 17 heavy (non-hydrogen) atoms. The summed E-state index contributed by atoms with van der Waals surface area (Å²) >= 11 is 0. The number of rotatable bonds is 3. The third kappa shape index (κ3) is 1.76. The van der Waals surface area contributed by atoms with Gasteiger partial charge in [0.15, 0.2) is 0 Å². The van der Waals surface area contributed by atoms with Crippen LogP contribution in [0.15, 0.2) is 0 Å². The molecular weight excluding hydrogens is 210 g/mol. The quantitative estimate of drug-likeness (QED) is 0.819. The molecule has 4 rings (SSSR count). The molecule has 3 atom stereocenters. The molecule has 4 aliphatic rings. The Bertz CT molecular complexity index is 309. The van der Waals surface area contributed by atoms with Crippen LogP contribution in [0.2, 0.25) is 0 Å². The van der Waals surface area contributed by atoms with Crippen LogP contribution in [0.25, 0.3) is 0 Å². The number of hydrogen-bond donors (Lipinski definition) is 1. The second-order valence-electron chi connectivity index (χ2n) is 8.05. The Kier molecular flexibility index (Phi) is 2.45. The van der Waals surface area contributed by atoms with Gasteiger partial charge in [0, 0.05) is 13.2 Å². The van der Waals surface area contributed by atoms with Crippen molar-refractivity contribution in [2.75, 3.05) is 13.7 Å². The Morgan fingerprint density at radius 2 is 1.71 bits per heavy atom. The smallest absolute Gasteiger partial charge is 0.0619 e.